The van der Waals surface area contributed by atoms with Crippen molar-refractivity contribution in [3.8, 4) is 0 Å². The summed E-state index contributed by atoms with van der Waals surface area (Å²) in [6.45, 7) is 19.4. The topological polar surface area (TPSA) is 0 Å². The van der Waals surface area contributed by atoms with Gasteiger partial charge in [0.25, 0.3) is 0 Å². The summed E-state index contributed by atoms with van der Waals surface area (Å²) in [5.41, 5.74) is 0.516. The van der Waals surface area contributed by atoms with E-state index in [4.69, 9.17) is 0 Å². The van der Waals surface area contributed by atoms with E-state index in [1.807, 2.05) is 0 Å². The minimum Gasteiger partial charge on any atom is -0.0654 e. The molecule has 0 aromatic carbocycles. The number of hydrogen-bond donors (Lipinski definition) is 0. The molecule has 0 rings (SSSR count). The van der Waals surface area contributed by atoms with Gasteiger partial charge < -0.3 is 0 Å². The Morgan fingerprint density at radius 3 is 1.91 bits per heavy atom. The summed E-state index contributed by atoms with van der Waals surface area (Å²) in [5, 5.41) is 0. The van der Waals surface area contributed by atoms with Crippen LogP contribution in [-0.4, -0.2) is 0 Å². The van der Waals surface area contributed by atoms with E-state index in [2.05, 4.69) is 55.4 Å². The van der Waals surface area contributed by atoms with Crippen LogP contribution >= 0.6 is 0 Å². The molecule has 0 aromatic heterocycles. The van der Waals surface area contributed by atoms with Gasteiger partial charge in [-0.1, -0.05) is 93.9 Å². The second-order valence-electron chi connectivity index (χ2n) is 9.42. The Labute approximate surface area is 142 Å². The van der Waals surface area contributed by atoms with Crippen molar-refractivity contribution in [2.24, 2.45) is 29.1 Å². The fraction of sp³-hybridized carbons (Fsp3) is 1.00. The van der Waals surface area contributed by atoms with Crippen LogP contribution in [0.2, 0.25) is 0 Å². The molecule has 22 heavy (non-hydrogen) atoms. The monoisotopic (exact) mass is 310 g/mol. The molecule has 0 saturated heterocycles. The van der Waals surface area contributed by atoms with Crippen molar-refractivity contribution in [3.63, 3.8) is 0 Å². The second kappa shape index (κ2) is 11.5. The van der Waals surface area contributed by atoms with E-state index in [0.717, 1.165) is 23.7 Å². The molecule has 0 radical (unpaired) electrons. The van der Waals surface area contributed by atoms with Crippen molar-refractivity contribution in [1.29, 1.82) is 0 Å². The largest absolute Gasteiger partial charge is 0.0654 e. The lowest BCUT2D eigenvalue weighted by Crippen LogP contribution is -2.19. The van der Waals surface area contributed by atoms with Crippen LogP contribution in [0.5, 0.6) is 0 Å². The molecule has 0 aliphatic rings. The molecule has 0 aliphatic carbocycles. The molecule has 134 valence electrons. The van der Waals surface area contributed by atoms with Crippen molar-refractivity contribution in [1.82, 2.24) is 0 Å². The number of unbranched alkanes of at least 4 members (excludes halogenated alkanes) is 3. The van der Waals surface area contributed by atoms with Gasteiger partial charge in [0.2, 0.25) is 0 Å². The van der Waals surface area contributed by atoms with Crippen molar-refractivity contribution in [2.45, 2.75) is 113 Å². The number of rotatable bonds is 13. The molecule has 0 aliphatic heterocycles. The highest BCUT2D eigenvalue weighted by atomic mass is 14.3. The van der Waals surface area contributed by atoms with Crippen molar-refractivity contribution in [2.75, 3.05) is 0 Å². The summed E-state index contributed by atoms with van der Waals surface area (Å²) in [4.78, 5) is 0. The van der Waals surface area contributed by atoms with E-state index in [9.17, 15) is 0 Å². The molecule has 0 fully saturated rings. The van der Waals surface area contributed by atoms with Gasteiger partial charge in [-0.2, -0.15) is 0 Å². The van der Waals surface area contributed by atoms with Crippen LogP contribution in [-0.2, 0) is 0 Å². The van der Waals surface area contributed by atoms with Gasteiger partial charge in [0.15, 0.2) is 0 Å². The predicted octanol–water partition coefficient (Wildman–Crippen LogP) is 8.11. The Hall–Kier alpha value is 0. The Morgan fingerprint density at radius 1 is 0.773 bits per heavy atom. The highest BCUT2D eigenvalue weighted by molar-refractivity contribution is 4.75. The molecule has 0 bridgehead atoms. The van der Waals surface area contributed by atoms with Gasteiger partial charge in [-0.15, -0.1) is 0 Å². The average molecular weight is 311 g/mol. The molecule has 3 atom stereocenters. The molecule has 0 saturated carbocycles. The molecule has 0 amide bonds. The standard InChI is InChI=1S/C22H46/c1-9-10-11-12-13-19(4)16-20(5)14-15-22(7,8)17-21(6)18(2)3/h18-21H,9-17H2,1-8H3. The Balaban J connectivity index is 3.93. The van der Waals surface area contributed by atoms with Crippen LogP contribution in [0, 0.1) is 29.1 Å². The molecule has 0 spiro atoms. The molecule has 0 aromatic rings. The fourth-order valence-electron chi connectivity index (χ4n) is 3.69. The Kier molecular flexibility index (Phi) is 11.5. The van der Waals surface area contributed by atoms with E-state index in [1.54, 1.807) is 0 Å². The summed E-state index contributed by atoms with van der Waals surface area (Å²) in [7, 11) is 0. The first-order chi connectivity index (χ1) is 10.2. The van der Waals surface area contributed by atoms with Gasteiger partial charge in [-0.05, 0) is 48.3 Å². The lowest BCUT2D eigenvalue weighted by molar-refractivity contribution is 0.203. The van der Waals surface area contributed by atoms with Crippen molar-refractivity contribution in [3.05, 3.63) is 0 Å². The van der Waals surface area contributed by atoms with E-state index in [-0.39, 0.29) is 0 Å². The highest BCUT2D eigenvalue weighted by Gasteiger charge is 2.23. The zero-order chi connectivity index (χ0) is 17.2. The minimum atomic E-state index is 0.516. The van der Waals surface area contributed by atoms with E-state index in [1.165, 1.54) is 57.8 Å². The first-order valence-electron chi connectivity index (χ1n) is 10.2. The Bertz CT molecular complexity index is 251. The number of hydrogen-bond acceptors (Lipinski definition) is 0. The summed E-state index contributed by atoms with van der Waals surface area (Å²) >= 11 is 0. The molecular weight excluding hydrogens is 264 g/mol. The third kappa shape index (κ3) is 11.6. The second-order valence-corrected chi connectivity index (χ2v) is 9.42. The third-order valence-electron chi connectivity index (χ3n) is 5.68. The lowest BCUT2D eigenvalue weighted by atomic mass is 9.75. The summed E-state index contributed by atoms with van der Waals surface area (Å²) in [6.07, 6.45) is 12.7. The first-order valence-corrected chi connectivity index (χ1v) is 10.2. The van der Waals surface area contributed by atoms with Crippen LogP contribution in [0.15, 0.2) is 0 Å². The molecule has 0 N–H and O–H groups in total. The van der Waals surface area contributed by atoms with E-state index in [0.29, 0.717) is 5.41 Å². The first kappa shape index (κ1) is 22.0. The summed E-state index contributed by atoms with van der Waals surface area (Å²) in [5.74, 6) is 3.49. The van der Waals surface area contributed by atoms with Crippen LogP contribution in [0.3, 0.4) is 0 Å². The summed E-state index contributed by atoms with van der Waals surface area (Å²) < 4.78 is 0. The maximum Gasteiger partial charge on any atom is -0.0351 e. The van der Waals surface area contributed by atoms with Gasteiger partial charge in [0, 0.05) is 0 Å². The SMILES string of the molecule is CCCCCCC(C)CC(C)CCC(C)(C)CC(C)C(C)C. The van der Waals surface area contributed by atoms with E-state index >= 15 is 0 Å². The molecule has 3 unspecified atom stereocenters. The molecule has 0 heteroatoms. The average Bonchev–Trinajstić information content (AvgIpc) is 2.41. The molecular formula is C22H46. The quantitative estimate of drug-likeness (QED) is 0.301. The fourth-order valence-corrected chi connectivity index (χ4v) is 3.69. The highest BCUT2D eigenvalue weighted by Crippen LogP contribution is 2.35. The minimum absolute atomic E-state index is 0.516. The maximum atomic E-state index is 2.48. The smallest absolute Gasteiger partial charge is 0.0351 e. The molecule has 0 nitrogen and oxygen atoms in total. The Morgan fingerprint density at radius 2 is 1.36 bits per heavy atom. The van der Waals surface area contributed by atoms with Gasteiger partial charge >= 0.3 is 0 Å². The van der Waals surface area contributed by atoms with Gasteiger partial charge in [-0.3, -0.25) is 0 Å². The third-order valence-corrected chi connectivity index (χ3v) is 5.68. The zero-order valence-electron chi connectivity index (χ0n) is 17.2. The van der Waals surface area contributed by atoms with Gasteiger partial charge in [0.1, 0.15) is 0 Å². The lowest BCUT2D eigenvalue weighted by Gasteiger charge is -2.31. The van der Waals surface area contributed by atoms with Crippen LogP contribution < -0.4 is 0 Å². The van der Waals surface area contributed by atoms with Crippen molar-refractivity contribution >= 4 is 0 Å². The van der Waals surface area contributed by atoms with E-state index < -0.39 is 0 Å². The molecule has 0 heterocycles. The predicted molar refractivity (Wildman–Crippen MR) is 103 cm³/mol. The summed E-state index contributed by atoms with van der Waals surface area (Å²) in [6, 6.07) is 0. The van der Waals surface area contributed by atoms with Gasteiger partial charge in [-0.25, -0.2) is 0 Å². The van der Waals surface area contributed by atoms with Crippen LogP contribution in [0.1, 0.15) is 113 Å². The van der Waals surface area contributed by atoms with Crippen LogP contribution in [0.25, 0.3) is 0 Å². The normalized spacial score (nSPS) is 16.8. The zero-order valence-corrected chi connectivity index (χ0v) is 17.2. The van der Waals surface area contributed by atoms with Crippen molar-refractivity contribution < 1.29 is 0 Å². The van der Waals surface area contributed by atoms with Crippen LogP contribution in [0.4, 0.5) is 0 Å². The van der Waals surface area contributed by atoms with Gasteiger partial charge in [0.05, 0.1) is 0 Å². The maximum absolute atomic E-state index is 2.48.